The van der Waals surface area contributed by atoms with Gasteiger partial charge in [0, 0.05) is 16.1 Å². The van der Waals surface area contributed by atoms with Gasteiger partial charge in [-0.3, -0.25) is 14.4 Å². The zero-order valence-electron chi connectivity index (χ0n) is 24.3. The fraction of sp³-hybridized carbons (Fsp3) is 0.118. The Bertz CT molecular complexity index is 1650. The van der Waals surface area contributed by atoms with E-state index < -0.39 is 23.0 Å². The van der Waals surface area contributed by atoms with Crippen LogP contribution in [0.25, 0.3) is 6.08 Å². The first kappa shape index (κ1) is 31.6. The molecule has 0 aromatic heterocycles. The van der Waals surface area contributed by atoms with Crippen LogP contribution in [0.3, 0.4) is 0 Å². The van der Waals surface area contributed by atoms with E-state index in [1.807, 2.05) is 0 Å². The largest absolute Gasteiger partial charge is 0.497 e. The number of anilines is 2. The van der Waals surface area contributed by atoms with Gasteiger partial charge < -0.3 is 25.4 Å². The number of thioether (sulfide) groups is 1. The Morgan fingerprint density at radius 1 is 0.773 bits per heavy atom. The number of nitrogens with one attached hydrogen (secondary N) is 3. The van der Waals surface area contributed by atoms with Crippen molar-refractivity contribution in [2.24, 2.45) is 0 Å². The summed E-state index contributed by atoms with van der Waals surface area (Å²) < 4.78 is 9.99. The molecule has 0 saturated carbocycles. The lowest BCUT2D eigenvalue weighted by Gasteiger charge is -2.15. The first-order chi connectivity index (χ1) is 21.3. The molecule has 3 N–H and O–H groups in total. The maximum Gasteiger partial charge on any atom is 0.339 e. The van der Waals surface area contributed by atoms with Crippen LogP contribution in [0, 0.1) is 0 Å². The van der Waals surface area contributed by atoms with Crippen LogP contribution in [-0.2, 0) is 14.3 Å². The molecule has 4 rings (SSSR count). The molecule has 9 nitrogen and oxygen atoms in total. The average molecular weight is 610 g/mol. The van der Waals surface area contributed by atoms with Gasteiger partial charge in [0.1, 0.15) is 11.4 Å². The number of benzene rings is 4. The lowest BCUT2D eigenvalue weighted by Crippen LogP contribution is -2.30. The highest BCUT2D eigenvalue weighted by molar-refractivity contribution is 8.00. The highest BCUT2D eigenvalue weighted by Gasteiger charge is 2.19. The van der Waals surface area contributed by atoms with Crippen LogP contribution in [0.5, 0.6) is 5.75 Å². The quantitative estimate of drug-likeness (QED) is 0.108. The molecule has 0 fully saturated rings. The van der Waals surface area contributed by atoms with Gasteiger partial charge in [0.2, 0.25) is 5.91 Å². The normalized spacial score (nSPS) is 11.6. The predicted octanol–water partition coefficient (Wildman–Crippen LogP) is 6.01. The van der Waals surface area contributed by atoms with Gasteiger partial charge in [-0.1, -0.05) is 42.5 Å². The number of carbonyl (C=O) groups excluding carboxylic acids is 4. The van der Waals surface area contributed by atoms with Crippen molar-refractivity contribution in [2.75, 3.05) is 24.9 Å². The summed E-state index contributed by atoms with van der Waals surface area (Å²) >= 11 is 1.32. The molecular weight excluding hydrogens is 578 g/mol. The van der Waals surface area contributed by atoms with E-state index in [1.54, 1.807) is 123 Å². The van der Waals surface area contributed by atoms with Crippen LogP contribution < -0.4 is 20.7 Å². The molecule has 224 valence electrons. The number of hydrogen-bond acceptors (Lipinski definition) is 7. The molecule has 10 heteroatoms. The molecule has 0 aliphatic heterocycles. The van der Waals surface area contributed by atoms with Crippen molar-refractivity contribution < 1.29 is 28.7 Å². The number of esters is 1. The molecule has 3 amide bonds. The van der Waals surface area contributed by atoms with Gasteiger partial charge in [0.15, 0.2) is 0 Å². The zero-order chi connectivity index (χ0) is 31.5. The van der Waals surface area contributed by atoms with Crippen LogP contribution in [0.2, 0.25) is 0 Å². The second-order valence-corrected chi connectivity index (χ2v) is 10.8. The van der Waals surface area contributed by atoms with Crippen molar-refractivity contribution in [1.29, 1.82) is 0 Å². The molecule has 0 heterocycles. The van der Waals surface area contributed by atoms with Gasteiger partial charge in [0.25, 0.3) is 11.8 Å². The van der Waals surface area contributed by atoms with Crippen LogP contribution in [0.15, 0.2) is 114 Å². The van der Waals surface area contributed by atoms with Gasteiger partial charge in [-0.25, -0.2) is 4.79 Å². The molecule has 0 bridgehead atoms. The number of hydrogen-bond donors (Lipinski definition) is 3. The van der Waals surface area contributed by atoms with Crippen molar-refractivity contribution in [1.82, 2.24) is 5.32 Å². The van der Waals surface area contributed by atoms with Crippen molar-refractivity contribution >= 4 is 52.9 Å². The molecule has 4 aromatic carbocycles. The Kier molecular flexibility index (Phi) is 10.9. The zero-order valence-corrected chi connectivity index (χ0v) is 25.1. The maximum atomic E-state index is 13.3. The second kappa shape index (κ2) is 15.2. The summed E-state index contributed by atoms with van der Waals surface area (Å²) in [6.07, 6.45) is 1.58. The summed E-state index contributed by atoms with van der Waals surface area (Å²) in [4.78, 5) is 51.9. The van der Waals surface area contributed by atoms with Crippen molar-refractivity contribution in [2.45, 2.75) is 17.1 Å². The number of rotatable bonds is 11. The molecule has 1 atom stereocenters. The predicted molar refractivity (Wildman–Crippen MR) is 172 cm³/mol. The average Bonchev–Trinajstić information content (AvgIpc) is 3.05. The smallest absolute Gasteiger partial charge is 0.339 e. The van der Waals surface area contributed by atoms with Gasteiger partial charge in [-0.15, -0.1) is 11.8 Å². The summed E-state index contributed by atoms with van der Waals surface area (Å²) in [6.45, 7) is 1.75. The van der Waals surface area contributed by atoms with Crippen molar-refractivity contribution in [3.63, 3.8) is 0 Å². The monoisotopic (exact) mass is 609 g/mol. The standard InChI is InChI=1S/C34H31N3O6S/c1-22(31(38)36-29-12-8-7-11-28(29)34(41)43-3)44-27-19-15-25(16-20-27)35-33(40)30(21-23-13-17-26(42-2)18-14-23)37-32(39)24-9-5-4-6-10-24/h4-22H,1-3H3,(H,35,40)(H,36,38)(H,37,39)/b30-21-. The maximum absolute atomic E-state index is 13.3. The van der Waals surface area contributed by atoms with E-state index in [0.29, 0.717) is 28.3 Å². The van der Waals surface area contributed by atoms with E-state index in [2.05, 4.69) is 16.0 Å². The molecule has 1 unspecified atom stereocenters. The lowest BCUT2D eigenvalue weighted by atomic mass is 10.1. The number of carbonyl (C=O) groups is 4. The fourth-order valence-electron chi connectivity index (χ4n) is 4.00. The van der Waals surface area contributed by atoms with Crippen molar-refractivity contribution in [3.05, 3.63) is 126 Å². The SMILES string of the molecule is COC(=O)c1ccccc1NC(=O)C(C)Sc1ccc(NC(=O)/C(=C/c2ccc(OC)cc2)NC(=O)c2ccccc2)cc1. The highest BCUT2D eigenvalue weighted by Crippen LogP contribution is 2.27. The van der Waals surface area contributed by atoms with Crippen LogP contribution >= 0.6 is 11.8 Å². The Labute approximate surface area is 259 Å². The Balaban J connectivity index is 1.43. The molecule has 0 spiro atoms. The summed E-state index contributed by atoms with van der Waals surface area (Å²) in [5.41, 5.74) is 2.29. The van der Waals surface area contributed by atoms with Gasteiger partial charge in [-0.05, 0) is 79.2 Å². The van der Waals surface area contributed by atoms with E-state index >= 15 is 0 Å². The molecule has 0 saturated heterocycles. The van der Waals surface area contributed by atoms with E-state index in [0.717, 1.165) is 4.90 Å². The minimum Gasteiger partial charge on any atom is -0.497 e. The Morgan fingerprint density at radius 3 is 2.09 bits per heavy atom. The lowest BCUT2D eigenvalue weighted by molar-refractivity contribution is -0.115. The summed E-state index contributed by atoms with van der Waals surface area (Å²) in [5, 5.41) is 7.83. The number of para-hydroxylation sites is 1. The molecule has 0 radical (unpaired) electrons. The summed E-state index contributed by atoms with van der Waals surface area (Å²) in [5.74, 6) is -1.10. The molecule has 0 aliphatic carbocycles. The molecular formula is C34H31N3O6S. The number of amides is 3. The number of methoxy groups -OCH3 is 2. The molecule has 44 heavy (non-hydrogen) atoms. The fourth-order valence-corrected chi connectivity index (χ4v) is 4.86. The highest BCUT2D eigenvalue weighted by atomic mass is 32.2. The third-order valence-corrected chi connectivity index (χ3v) is 7.45. The summed E-state index contributed by atoms with van der Waals surface area (Å²) in [6, 6.07) is 29.3. The van der Waals surface area contributed by atoms with E-state index in [-0.39, 0.29) is 17.2 Å². The second-order valence-electron chi connectivity index (χ2n) is 9.42. The minimum absolute atomic E-state index is 0.0556. The van der Waals surface area contributed by atoms with E-state index in [9.17, 15) is 19.2 Å². The summed E-state index contributed by atoms with van der Waals surface area (Å²) in [7, 11) is 2.85. The van der Waals surface area contributed by atoms with Crippen LogP contribution in [-0.4, -0.2) is 43.2 Å². The number of ether oxygens (including phenoxy) is 2. The van der Waals surface area contributed by atoms with Crippen molar-refractivity contribution in [3.8, 4) is 5.75 Å². The van der Waals surface area contributed by atoms with Crippen LogP contribution in [0.1, 0.15) is 33.2 Å². The topological polar surface area (TPSA) is 123 Å². The third kappa shape index (κ3) is 8.59. The first-order valence-corrected chi connectivity index (χ1v) is 14.4. The molecule has 0 aliphatic rings. The van der Waals surface area contributed by atoms with Gasteiger partial charge in [0.05, 0.1) is 30.7 Å². The Morgan fingerprint density at radius 2 is 1.43 bits per heavy atom. The van der Waals surface area contributed by atoms with E-state index in [1.165, 1.54) is 18.9 Å². The van der Waals surface area contributed by atoms with Gasteiger partial charge >= 0.3 is 5.97 Å². The third-order valence-electron chi connectivity index (χ3n) is 6.34. The molecule has 4 aromatic rings. The Hall–Kier alpha value is -5.35. The van der Waals surface area contributed by atoms with E-state index in [4.69, 9.17) is 9.47 Å². The minimum atomic E-state index is -0.541. The van der Waals surface area contributed by atoms with Crippen LogP contribution in [0.4, 0.5) is 11.4 Å². The van der Waals surface area contributed by atoms with Gasteiger partial charge in [-0.2, -0.15) is 0 Å². The first-order valence-electron chi connectivity index (χ1n) is 13.6.